The van der Waals surface area contributed by atoms with E-state index in [0.29, 0.717) is 11.3 Å². The molecular weight excluding hydrogens is 410 g/mol. The second kappa shape index (κ2) is 10.3. The topological polar surface area (TPSA) is 104 Å². The van der Waals surface area contributed by atoms with E-state index in [2.05, 4.69) is 15.4 Å². The summed E-state index contributed by atoms with van der Waals surface area (Å²) in [6.45, 7) is 3.72. The minimum Gasteiger partial charge on any atom is -0.349 e. The average Bonchev–Trinajstić information content (AvgIpc) is 2.60. The molecule has 2 aromatic rings. The molecule has 0 saturated carbocycles. The van der Waals surface area contributed by atoms with Crippen LogP contribution in [0.4, 0.5) is 11.4 Å². The normalized spacial score (nSPS) is 12.1. The third-order valence-electron chi connectivity index (χ3n) is 3.87. The zero-order valence-corrected chi connectivity index (χ0v) is 18.2. The van der Waals surface area contributed by atoms with Gasteiger partial charge in [0.2, 0.25) is 21.8 Å². The Balaban J connectivity index is 1.83. The number of aryl methyl sites for hydroxylation is 1. The first-order valence-corrected chi connectivity index (χ1v) is 12.0. The lowest BCUT2D eigenvalue weighted by Crippen LogP contribution is -2.29. The fraction of sp³-hybridized carbons (Fsp3) is 0.300. The largest absolute Gasteiger partial charge is 0.349 e. The zero-order chi connectivity index (χ0) is 21.4. The van der Waals surface area contributed by atoms with Gasteiger partial charge in [-0.25, -0.2) is 8.42 Å². The number of hydrogen-bond acceptors (Lipinski definition) is 5. The summed E-state index contributed by atoms with van der Waals surface area (Å²) < 4.78 is 25.5. The average molecular weight is 436 g/mol. The Kier molecular flexibility index (Phi) is 8.10. The number of carbonyl (C=O) groups is 2. The Morgan fingerprint density at radius 2 is 1.72 bits per heavy atom. The standard InChI is InChI=1S/C20H25N3O4S2/c1-14-7-6-8-16(11-14)22-20(25)13-28-12-19(24)21-15(2)17-9-4-5-10-18(17)23-29(3,26)27/h4-11,15,23H,12-13H2,1-3H3,(H,21,24)(H,22,25). The Bertz CT molecular complexity index is 977. The smallest absolute Gasteiger partial charge is 0.234 e. The van der Waals surface area contributed by atoms with Gasteiger partial charge < -0.3 is 10.6 Å². The number of nitrogens with one attached hydrogen (secondary N) is 3. The van der Waals surface area contributed by atoms with Gasteiger partial charge in [0.1, 0.15) is 0 Å². The maximum absolute atomic E-state index is 12.2. The summed E-state index contributed by atoms with van der Waals surface area (Å²) in [5.74, 6) is -0.140. The zero-order valence-electron chi connectivity index (χ0n) is 16.6. The van der Waals surface area contributed by atoms with Crippen molar-refractivity contribution in [2.24, 2.45) is 0 Å². The molecule has 9 heteroatoms. The minimum absolute atomic E-state index is 0.118. The van der Waals surface area contributed by atoms with Crippen molar-refractivity contribution in [2.75, 3.05) is 27.8 Å². The van der Waals surface area contributed by atoms with Gasteiger partial charge in [0.25, 0.3) is 0 Å². The number of anilines is 2. The molecule has 0 radical (unpaired) electrons. The van der Waals surface area contributed by atoms with E-state index in [1.165, 1.54) is 11.8 Å². The lowest BCUT2D eigenvalue weighted by atomic mass is 10.1. The van der Waals surface area contributed by atoms with Crippen molar-refractivity contribution in [3.05, 3.63) is 59.7 Å². The molecule has 29 heavy (non-hydrogen) atoms. The fourth-order valence-corrected chi connectivity index (χ4v) is 3.90. The molecule has 0 spiro atoms. The molecule has 0 aliphatic carbocycles. The molecule has 156 valence electrons. The van der Waals surface area contributed by atoms with Gasteiger partial charge in [-0.1, -0.05) is 30.3 Å². The van der Waals surface area contributed by atoms with Crippen molar-refractivity contribution in [1.29, 1.82) is 0 Å². The van der Waals surface area contributed by atoms with Crippen LogP contribution < -0.4 is 15.4 Å². The number of rotatable bonds is 9. The van der Waals surface area contributed by atoms with Crippen LogP contribution in [0.25, 0.3) is 0 Å². The first-order chi connectivity index (χ1) is 13.6. The quantitative estimate of drug-likeness (QED) is 0.562. The highest BCUT2D eigenvalue weighted by Gasteiger charge is 2.15. The Hall–Kier alpha value is -2.52. The van der Waals surface area contributed by atoms with Crippen LogP contribution in [0.15, 0.2) is 48.5 Å². The second-order valence-corrected chi connectivity index (χ2v) is 9.40. The monoisotopic (exact) mass is 435 g/mol. The molecule has 0 aliphatic rings. The lowest BCUT2D eigenvalue weighted by molar-refractivity contribution is -0.119. The molecule has 0 fully saturated rings. The third-order valence-corrected chi connectivity index (χ3v) is 5.39. The summed E-state index contributed by atoms with van der Waals surface area (Å²) in [5.41, 5.74) is 2.86. The lowest BCUT2D eigenvalue weighted by Gasteiger charge is -2.18. The van der Waals surface area contributed by atoms with Gasteiger partial charge in [0, 0.05) is 5.69 Å². The first-order valence-electron chi connectivity index (χ1n) is 8.94. The fourth-order valence-electron chi connectivity index (χ4n) is 2.68. The summed E-state index contributed by atoms with van der Waals surface area (Å²) in [5, 5.41) is 5.62. The van der Waals surface area contributed by atoms with Gasteiger partial charge in [0.05, 0.1) is 29.5 Å². The molecular formula is C20H25N3O4S2. The van der Waals surface area contributed by atoms with Crippen LogP contribution in [0, 0.1) is 6.92 Å². The van der Waals surface area contributed by atoms with E-state index in [4.69, 9.17) is 0 Å². The van der Waals surface area contributed by atoms with Crippen LogP contribution in [0.2, 0.25) is 0 Å². The van der Waals surface area contributed by atoms with Crippen LogP contribution in [0.5, 0.6) is 0 Å². The summed E-state index contributed by atoms with van der Waals surface area (Å²) in [4.78, 5) is 24.2. The molecule has 0 aromatic heterocycles. The highest BCUT2D eigenvalue weighted by atomic mass is 32.2. The highest BCUT2D eigenvalue weighted by Crippen LogP contribution is 2.23. The summed E-state index contributed by atoms with van der Waals surface area (Å²) in [6, 6.07) is 14.0. The molecule has 0 aliphatic heterocycles. The van der Waals surface area contributed by atoms with Crippen LogP contribution >= 0.6 is 11.8 Å². The van der Waals surface area contributed by atoms with Crippen molar-refractivity contribution < 1.29 is 18.0 Å². The minimum atomic E-state index is -3.43. The number of thioether (sulfide) groups is 1. The van der Waals surface area contributed by atoms with Gasteiger partial charge in [0.15, 0.2) is 0 Å². The van der Waals surface area contributed by atoms with E-state index in [0.717, 1.165) is 17.5 Å². The van der Waals surface area contributed by atoms with Crippen molar-refractivity contribution >= 4 is 45.0 Å². The first kappa shape index (κ1) is 22.8. The highest BCUT2D eigenvalue weighted by molar-refractivity contribution is 8.00. The summed E-state index contributed by atoms with van der Waals surface area (Å²) in [6.07, 6.45) is 1.07. The van der Waals surface area contributed by atoms with Crippen LogP contribution in [-0.2, 0) is 19.6 Å². The van der Waals surface area contributed by atoms with Gasteiger partial charge in [-0.15, -0.1) is 11.8 Å². The number of sulfonamides is 1. The van der Waals surface area contributed by atoms with Crippen molar-refractivity contribution in [3.8, 4) is 0 Å². The number of carbonyl (C=O) groups excluding carboxylic acids is 2. The van der Waals surface area contributed by atoms with Gasteiger partial charge in [-0.05, 0) is 43.2 Å². The van der Waals surface area contributed by atoms with Crippen LogP contribution in [0.1, 0.15) is 24.1 Å². The SMILES string of the molecule is Cc1cccc(NC(=O)CSCC(=O)NC(C)c2ccccc2NS(C)(=O)=O)c1. The van der Waals surface area contributed by atoms with Gasteiger partial charge >= 0.3 is 0 Å². The van der Waals surface area contributed by atoms with E-state index in [1.807, 2.05) is 31.2 Å². The van der Waals surface area contributed by atoms with Gasteiger partial charge in [-0.2, -0.15) is 0 Å². The third kappa shape index (κ3) is 8.16. The molecule has 1 unspecified atom stereocenters. The Morgan fingerprint density at radius 1 is 1.03 bits per heavy atom. The Morgan fingerprint density at radius 3 is 2.41 bits per heavy atom. The predicted molar refractivity (Wildman–Crippen MR) is 119 cm³/mol. The summed E-state index contributed by atoms with van der Waals surface area (Å²) in [7, 11) is -3.43. The van der Waals surface area contributed by atoms with E-state index in [-0.39, 0.29) is 23.3 Å². The van der Waals surface area contributed by atoms with Crippen molar-refractivity contribution in [2.45, 2.75) is 19.9 Å². The van der Waals surface area contributed by atoms with Crippen LogP contribution in [0.3, 0.4) is 0 Å². The number of hydrogen-bond donors (Lipinski definition) is 3. The van der Waals surface area contributed by atoms with E-state index in [9.17, 15) is 18.0 Å². The number of benzene rings is 2. The maximum atomic E-state index is 12.2. The van der Waals surface area contributed by atoms with E-state index >= 15 is 0 Å². The van der Waals surface area contributed by atoms with Crippen LogP contribution in [-0.4, -0.2) is 38.0 Å². The van der Waals surface area contributed by atoms with E-state index in [1.54, 1.807) is 31.2 Å². The van der Waals surface area contributed by atoms with E-state index < -0.39 is 16.1 Å². The molecule has 0 saturated heterocycles. The molecule has 0 bridgehead atoms. The Labute approximate surface area is 175 Å². The number of para-hydroxylation sites is 1. The molecule has 7 nitrogen and oxygen atoms in total. The summed E-state index contributed by atoms with van der Waals surface area (Å²) >= 11 is 1.21. The molecule has 0 heterocycles. The molecule has 3 N–H and O–H groups in total. The molecule has 1 atom stereocenters. The molecule has 2 rings (SSSR count). The molecule has 2 aromatic carbocycles. The van der Waals surface area contributed by atoms with Crippen molar-refractivity contribution in [3.63, 3.8) is 0 Å². The van der Waals surface area contributed by atoms with Crippen molar-refractivity contribution in [1.82, 2.24) is 5.32 Å². The molecule has 2 amide bonds. The second-order valence-electron chi connectivity index (χ2n) is 6.66. The maximum Gasteiger partial charge on any atom is 0.234 e. The van der Waals surface area contributed by atoms with Gasteiger partial charge in [-0.3, -0.25) is 14.3 Å². The number of amides is 2. The predicted octanol–water partition coefficient (Wildman–Crippen LogP) is 2.92.